The highest BCUT2D eigenvalue weighted by Gasteiger charge is 2.27. The Hall–Kier alpha value is -1.72. The van der Waals surface area contributed by atoms with Crippen LogP contribution >= 0.6 is 0 Å². The first-order valence-corrected chi connectivity index (χ1v) is 5.76. The number of carboxylic acid groups (broad SMARTS) is 1. The maximum atomic E-state index is 11.3. The van der Waals surface area contributed by atoms with E-state index in [1.54, 1.807) is 24.3 Å². The summed E-state index contributed by atoms with van der Waals surface area (Å²) >= 11 is 0. The van der Waals surface area contributed by atoms with Crippen molar-refractivity contribution in [1.82, 2.24) is 5.32 Å². The number of hydrogen-bond donors (Lipinski definition) is 2. The van der Waals surface area contributed by atoms with Crippen molar-refractivity contribution >= 4 is 11.8 Å². The molecule has 1 aliphatic rings. The highest BCUT2D eigenvalue weighted by atomic mass is 16.5. The van der Waals surface area contributed by atoms with E-state index in [9.17, 15) is 9.59 Å². The predicted octanol–water partition coefficient (Wildman–Crippen LogP) is 1.00. The van der Waals surface area contributed by atoms with Gasteiger partial charge in [-0.1, -0.05) is 18.2 Å². The molecule has 96 valence electrons. The highest BCUT2D eigenvalue weighted by molar-refractivity contribution is 5.89. The average molecular weight is 249 g/mol. The van der Waals surface area contributed by atoms with Gasteiger partial charge in [0.25, 0.3) is 0 Å². The van der Waals surface area contributed by atoms with Gasteiger partial charge < -0.3 is 9.84 Å². The van der Waals surface area contributed by atoms with Crippen molar-refractivity contribution < 1.29 is 19.4 Å². The number of aromatic carboxylic acids is 1. The van der Waals surface area contributed by atoms with E-state index in [1.165, 1.54) is 6.92 Å². The summed E-state index contributed by atoms with van der Waals surface area (Å²) in [7, 11) is 0. The van der Waals surface area contributed by atoms with E-state index < -0.39 is 5.97 Å². The number of ether oxygens (including phenoxy) is 1. The molecule has 2 N–H and O–H groups in total. The molecule has 0 spiro atoms. The first kappa shape index (κ1) is 12.7. The quantitative estimate of drug-likeness (QED) is 0.836. The second kappa shape index (κ2) is 5.29. The molecular formula is C13H15NO4. The summed E-state index contributed by atoms with van der Waals surface area (Å²) in [5, 5.41) is 12.3. The molecule has 2 rings (SSSR count). The molecule has 1 fully saturated rings. The normalized spacial score (nSPS) is 23.6. The van der Waals surface area contributed by atoms with Crippen LogP contribution in [0.4, 0.5) is 0 Å². The van der Waals surface area contributed by atoms with Crippen molar-refractivity contribution in [2.45, 2.75) is 19.0 Å². The number of hydrogen-bond acceptors (Lipinski definition) is 4. The smallest absolute Gasteiger partial charge is 0.336 e. The number of carbonyl (C=O) groups excluding carboxylic acids is 1. The Labute approximate surface area is 105 Å². The number of Topliss-reactive ketones (excluding diaryl/α,β-unsaturated/α-hetero) is 1. The predicted molar refractivity (Wildman–Crippen MR) is 64.6 cm³/mol. The standard InChI is InChI=1S/C13H15NO4/c1-8(15)11-6-18-7-12(14-11)9-4-2-3-5-10(9)13(16)17/h2-5,11-12,14H,6-7H2,1H3,(H,16,17). The van der Waals surface area contributed by atoms with E-state index in [1.807, 2.05) is 0 Å². The van der Waals surface area contributed by atoms with Crippen molar-refractivity contribution in [3.63, 3.8) is 0 Å². The van der Waals surface area contributed by atoms with E-state index in [0.717, 1.165) is 0 Å². The van der Waals surface area contributed by atoms with Gasteiger partial charge in [0, 0.05) is 0 Å². The van der Waals surface area contributed by atoms with Crippen molar-refractivity contribution in [3.05, 3.63) is 35.4 Å². The molecule has 1 heterocycles. The summed E-state index contributed by atoms with van der Waals surface area (Å²) in [5.74, 6) is -0.982. The number of carbonyl (C=O) groups is 2. The number of benzene rings is 1. The Bertz CT molecular complexity index is 472. The molecule has 1 aliphatic heterocycles. The third-order valence-corrected chi connectivity index (χ3v) is 3.03. The van der Waals surface area contributed by atoms with Crippen LogP contribution in [-0.2, 0) is 9.53 Å². The van der Waals surface area contributed by atoms with Gasteiger partial charge in [0.2, 0.25) is 0 Å². The van der Waals surface area contributed by atoms with Gasteiger partial charge in [-0.05, 0) is 18.6 Å². The Morgan fingerprint density at radius 1 is 1.33 bits per heavy atom. The number of rotatable bonds is 3. The minimum atomic E-state index is -0.975. The highest BCUT2D eigenvalue weighted by Crippen LogP contribution is 2.21. The Morgan fingerprint density at radius 3 is 2.72 bits per heavy atom. The molecule has 0 amide bonds. The molecule has 18 heavy (non-hydrogen) atoms. The molecule has 0 aliphatic carbocycles. The molecule has 1 saturated heterocycles. The summed E-state index contributed by atoms with van der Waals surface area (Å²) in [6, 6.07) is 6.12. The average Bonchev–Trinajstić information content (AvgIpc) is 2.39. The maximum Gasteiger partial charge on any atom is 0.336 e. The molecule has 0 aromatic heterocycles. The summed E-state index contributed by atoms with van der Waals surface area (Å²) in [5.41, 5.74) is 0.888. The Balaban J connectivity index is 2.26. The minimum Gasteiger partial charge on any atom is -0.478 e. The monoisotopic (exact) mass is 249 g/mol. The number of morpholine rings is 1. The third-order valence-electron chi connectivity index (χ3n) is 3.03. The first-order valence-electron chi connectivity index (χ1n) is 5.76. The fraction of sp³-hybridized carbons (Fsp3) is 0.385. The number of nitrogens with one attached hydrogen (secondary N) is 1. The summed E-state index contributed by atoms with van der Waals surface area (Å²) in [6.07, 6.45) is 0. The van der Waals surface area contributed by atoms with Gasteiger partial charge in [0.05, 0.1) is 30.9 Å². The van der Waals surface area contributed by atoms with Gasteiger partial charge >= 0.3 is 5.97 Å². The molecule has 1 aromatic carbocycles. The van der Waals surface area contributed by atoms with E-state index >= 15 is 0 Å². The van der Waals surface area contributed by atoms with Crippen molar-refractivity contribution in [2.75, 3.05) is 13.2 Å². The van der Waals surface area contributed by atoms with Crippen molar-refractivity contribution in [1.29, 1.82) is 0 Å². The lowest BCUT2D eigenvalue weighted by atomic mass is 9.98. The van der Waals surface area contributed by atoms with E-state index in [0.29, 0.717) is 18.8 Å². The molecule has 0 radical (unpaired) electrons. The van der Waals surface area contributed by atoms with Gasteiger partial charge in [-0.2, -0.15) is 0 Å². The Kier molecular flexibility index (Phi) is 3.74. The lowest BCUT2D eigenvalue weighted by Gasteiger charge is -2.30. The molecule has 5 nitrogen and oxygen atoms in total. The van der Waals surface area contributed by atoms with Crippen LogP contribution < -0.4 is 5.32 Å². The van der Waals surface area contributed by atoms with Crippen LogP contribution in [0.5, 0.6) is 0 Å². The zero-order valence-corrected chi connectivity index (χ0v) is 10.1. The number of carboxylic acids is 1. The van der Waals surface area contributed by atoms with Gasteiger partial charge in [-0.3, -0.25) is 10.1 Å². The summed E-state index contributed by atoms with van der Waals surface area (Å²) < 4.78 is 5.37. The van der Waals surface area contributed by atoms with E-state index in [2.05, 4.69) is 5.32 Å². The summed E-state index contributed by atoms with van der Waals surface area (Å²) in [6.45, 7) is 2.20. The molecule has 2 atom stereocenters. The van der Waals surface area contributed by atoms with Gasteiger partial charge in [-0.25, -0.2) is 4.79 Å². The zero-order valence-electron chi connectivity index (χ0n) is 10.1. The van der Waals surface area contributed by atoms with Crippen molar-refractivity contribution in [3.8, 4) is 0 Å². The zero-order chi connectivity index (χ0) is 13.1. The molecule has 1 aromatic rings. The first-order chi connectivity index (χ1) is 8.59. The van der Waals surface area contributed by atoms with Gasteiger partial charge in [0.1, 0.15) is 5.78 Å². The fourth-order valence-corrected chi connectivity index (χ4v) is 2.05. The largest absolute Gasteiger partial charge is 0.478 e. The fourth-order valence-electron chi connectivity index (χ4n) is 2.05. The third kappa shape index (κ3) is 2.57. The Morgan fingerprint density at radius 2 is 2.06 bits per heavy atom. The second-order valence-corrected chi connectivity index (χ2v) is 4.31. The van der Waals surface area contributed by atoms with Crippen LogP contribution in [0.15, 0.2) is 24.3 Å². The van der Waals surface area contributed by atoms with Crippen LogP contribution in [-0.4, -0.2) is 36.1 Å². The van der Waals surface area contributed by atoms with Crippen LogP contribution in [0.2, 0.25) is 0 Å². The summed E-state index contributed by atoms with van der Waals surface area (Å²) in [4.78, 5) is 22.5. The van der Waals surface area contributed by atoms with Crippen LogP contribution in [0, 0.1) is 0 Å². The molecular weight excluding hydrogens is 234 g/mol. The number of ketones is 1. The van der Waals surface area contributed by atoms with Gasteiger partial charge in [-0.15, -0.1) is 0 Å². The maximum absolute atomic E-state index is 11.3. The topological polar surface area (TPSA) is 75.6 Å². The minimum absolute atomic E-state index is 0.00694. The molecule has 0 saturated carbocycles. The van der Waals surface area contributed by atoms with Crippen LogP contribution in [0.3, 0.4) is 0 Å². The lowest BCUT2D eigenvalue weighted by Crippen LogP contribution is -2.47. The van der Waals surface area contributed by atoms with E-state index in [-0.39, 0.29) is 23.4 Å². The SMILES string of the molecule is CC(=O)C1COCC(c2ccccc2C(=O)O)N1. The second-order valence-electron chi connectivity index (χ2n) is 4.31. The van der Waals surface area contributed by atoms with Crippen molar-refractivity contribution in [2.24, 2.45) is 0 Å². The van der Waals surface area contributed by atoms with E-state index in [4.69, 9.17) is 9.84 Å². The van der Waals surface area contributed by atoms with Gasteiger partial charge in [0.15, 0.2) is 0 Å². The lowest BCUT2D eigenvalue weighted by molar-refractivity contribution is -0.122. The van der Waals surface area contributed by atoms with Crippen LogP contribution in [0.1, 0.15) is 28.9 Å². The van der Waals surface area contributed by atoms with Crippen LogP contribution in [0.25, 0.3) is 0 Å². The molecule has 2 unspecified atom stereocenters. The molecule has 5 heteroatoms. The molecule has 0 bridgehead atoms.